The first kappa shape index (κ1) is 56.1. The molecule has 2 N–H and O–H groups in total. The van der Waals surface area contributed by atoms with Gasteiger partial charge in [-0.3, -0.25) is 34.2 Å². The molecule has 7 aliphatic rings. The summed E-state index contributed by atoms with van der Waals surface area (Å²) in [7, 11) is 1.74. The molecule has 9 heterocycles. The van der Waals surface area contributed by atoms with Crippen LogP contribution in [0.5, 0.6) is 0 Å². The smallest absolute Gasteiger partial charge is 0.324 e. The summed E-state index contributed by atoms with van der Waals surface area (Å²) >= 11 is 1.49. The van der Waals surface area contributed by atoms with Crippen LogP contribution in [0.1, 0.15) is 120 Å². The Morgan fingerprint density at radius 2 is 1.78 bits per heavy atom. The first-order valence-electron chi connectivity index (χ1n) is 29.6. The molecule has 6 fully saturated rings. The number of pyridine rings is 1. The summed E-state index contributed by atoms with van der Waals surface area (Å²) in [6, 6.07) is 9.03. The Kier molecular flexibility index (Phi) is 16.1. The number of fused-ring (bicyclic) bond motifs is 6. The summed E-state index contributed by atoms with van der Waals surface area (Å²) in [4.78, 5) is 71.4. The molecule has 2 aliphatic carbocycles. The van der Waals surface area contributed by atoms with Crippen LogP contribution in [0.2, 0.25) is 0 Å². The van der Waals surface area contributed by atoms with Crippen LogP contribution in [0.4, 0.5) is 5.69 Å². The second-order valence-corrected chi connectivity index (χ2v) is 25.9. The number of carbonyl (C=O) groups is 3. The monoisotopic (exact) mass is 1130 g/mol. The van der Waals surface area contributed by atoms with E-state index in [0.29, 0.717) is 82.9 Å². The zero-order valence-corrected chi connectivity index (χ0v) is 49.1. The number of piperazine rings is 1. The van der Waals surface area contributed by atoms with E-state index in [-0.39, 0.29) is 48.1 Å². The number of nitrogens with one attached hydrogen (secondary N) is 2. The van der Waals surface area contributed by atoms with E-state index in [1.807, 2.05) is 19.2 Å². The Balaban J connectivity index is 0.992. The molecule has 12 rings (SSSR count). The molecule has 2 saturated carbocycles. The fourth-order valence-electron chi connectivity index (χ4n) is 13.4. The van der Waals surface area contributed by atoms with Gasteiger partial charge in [0.05, 0.1) is 79.2 Å². The number of amides is 2. The zero-order chi connectivity index (χ0) is 56.2. The van der Waals surface area contributed by atoms with Gasteiger partial charge in [0.25, 0.3) is 5.91 Å². The van der Waals surface area contributed by atoms with Gasteiger partial charge in [-0.2, -0.15) is 0 Å². The Morgan fingerprint density at radius 1 is 0.963 bits per heavy atom. The van der Waals surface area contributed by atoms with Crippen LogP contribution in [0.15, 0.2) is 54.4 Å². The highest BCUT2D eigenvalue weighted by atomic mass is 32.1. The van der Waals surface area contributed by atoms with Crippen molar-refractivity contribution in [3.8, 4) is 22.5 Å². The van der Waals surface area contributed by atoms with Crippen molar-refractivity contribution in [1.29, 1.82) is 0 Å². The normalized spacial score (nSPS) is 27.9. The molecular formula is C61H81N11O8S. The first-order valence-corrected chi connectivity index (χ1v) is 30.5. The number of benzene rings is 1. The number of ether oxygens (including phenoxy) is 5. The van der Waals surface area contributed by atoms with E-state index < -0.39 is 35.4 Å². The fraction of sp³-hybridized carbons (Fsp3) is 0.623. The molecule has 5 aromatic rings. The Bertz CT molecular complexity index is 3080. The summed E-state index contributed by atoms with van der Waals surface area (Å²) in [6.45, 7) is 20.7. The molecule has 5 aliphatic heterocycles. The molecule has 0 radical (unpaired) electrons. The van der Waals surface area contributed by atoms with Gasteiger partial charge in [-0.05, 0) is 95.0 Å². The average Bonchev–Trinajstić information content (AvgIpc) is 4.45. The minimum Gasteiger partial charge on any atom is -0.464 e. The second kappa shape index (κ2) is 23.3. The number of morpholine rings is 1. The van der Waals surface area contributed by atoms with Gasteiger partial charge in [0.1, 0.15) is 23.4 Å². The topological polar surface area (TPSA) is 191 Å². The van der Waals surface area contributed by atoms with E-state index in [0.717, 1.165) is 95.1 Å². The van der Waals surface area contributed by atoms with Crippen molar-refractivity contribution in [3.05, 3.63) is 76.4 Å². The molecule has 8 atom stereocenters. The van der Waals surface area contributed by atoms with Crippen LogP contribution in [0.25, 0.3) is 33.4 Å². The molecular weight excluding hydrogens is 1050 g/mol. The van der Waals surface area contributed by atoms with E-state index in [9.17, 15) is 9.59 Å². The largest absolute Gasteiger partial charge is 0.464 e. The number of rotatable bonds is 13. The number of hydrazine groups is 1. The van der Waals surface area contributed by atoms with E-state index >= 15 is 4.79 Å². The average molecular weight is 1130 g/mol. The van der Waals surface area contributed by atoms with Crippen molar-refractivity contribution < 1.29 is 38.1 Å². The van der Waals surface area contributed by atoms with E-state index in [1.165, 1.54) is 35.5 Å². The Hall–Kier alpha value is -5.45. The molecule has 0 spiro atoms. The number of aromatic nitrogens is 5. The Labute approximate surface area is 479 Å². The lowest BCUT2D eigenvalue weighted by Gasteiger charge is -2.41. The van der Waals surface area contributed by atoms with Gasteiger partial charge in [-0.25, -0.2) is 20.4 Å². The van der Waals surface area contributed by atoms with E-state index in [2.05, 4.69) is 104 Å². The van der Waals surface area contributed by atoms with Crippen LogP contribution >= 0.6 is 11.3 Å². The maximum atomic E-state index is 15.4. The molecule has 19 nitrogen and oxygen atoms in total. The molecule has 4 saturated heterocycles. The number of esters is 1. The van der Waals surface area contributed by atoms with Gasteiger partial charge in [0, 0.05) is 135 Å². The van der Waals surface area contributed by atoms with Crippen molar-refractivity contribution in [2.45, 2.75) is 141 Å². The number of anilines is 1. The van der Waals surface area contributed by atoms with Gasteiger partial charge in [-0.1, -0.05) is 26.8 Å². The lowest BCUT2D eigenvalue weighted by Crippen LogP contribution is -2.63. The van der Waals surface area contributed by atoms with Crippen molar-refractivity contribution in [2.24, 2.45) is 17.3 Å². The third-order valence-electron chi connectivity index (χ3n) is 18.1. The van der Waals surface area contributed by atoms with Crippen LogP contribution in [0, 0.1) is 17.3 Å². The van der Waals surface area contributed by atoms with Gasteiger partial charge < -0.3 is 38.5 Å². The van der Waals surface area contributed by atoms with Crippen LogP contribution in [-0.2, 0) is 51.0 Å². The molecule has 6 bridgehead atoms. The molecule has 81 heavy (non-hydrogen) atoms. The molecule has 1 unspecified atom stereocenters. The maximum absolute atomic E-state index is 15.4. The fourth-order valence-corrected chi connectivity index (χ4v) is 14.4. The number of methoxy groups -OCH3 is 1. The second-order valence-electron chi connectivity index (χ2n) is 25.0. The minimum atomic E-state index is -1.07. The summed E-state index contributed by atoms with van der Waals surface area (Å²) in [5, 5.41) is 8.67. The van der Waals surface area contributed by atoms with E-state index in [1.54, 1.807) is 13.3 Å². The van der Waals surface area contributed by atoms with Crippen LogP contribution < -0.4 is 15.6 Å². The first-order chi connectivity index (χ1) is 39.1. The van der Waals surface area contributed by atoms with Crippen molar-refractivity contribution in [1.82, 2.24) is 50.1 Å². The number of cyclic esters (lactones) is 1. The number of nitrogens with zero attached hydrogens (tertiary/aromatic N) is 9. The maximum Gasteiger partial charge on any atom is 0.324 e. The van der Waals surface area contributed by atoms with Gasteiger partial charge >= 0.3 is 5.97 Å². The highest BCUT2D eigenvalue weighted by molar-refractivity contribution is 7.10. The standard InChI is InChI=1S/C61H81N11O8S/c1-37-50(46-14-16-62-36-64-46)51(37)56(73)66-53-55(70-22-26-77-27-23-70)57-65-48(34-81-57)39-10-13-49-43(29-39)45(32-60(3,4)35-79-59(75)47-9-8-17-72(67-47)58(53)74)54(71(49)24-28-78-42-15-25-80-61(5,6)31-42)44-30-41(33-63-52(44)38(2)76-7)69-20-18-68(19-21-69)40-11-12-40/h10,13-14,16,29-30,33-34,36-38,40,42,47,50-51,53,55,67H,8-9,11-12,15,17-28,31-32,35H2,1-7H3,(H,66,73)/t37-,38-,42+,47-,50-,51?,53-,55-/m0/s1. The van der Waals surface area contributed by atoms with Crippen molar-refractivity contribution in [2.75, 3.05) is 90.9 Å². The third-order valence-corrected chi connectivity index (χ3v) is 19.1. The lowest BCUT2D eigenvalue weighted by molar-refractivity contribution is -0.156. The SMILES string of the molecule is CO[C@@H](C)c1ncc(N2CCN(C3CC3)CC2)cc1-c1c2c3cc(ccc3n1CCO[C@@H]1CCOC(C)(C)C1)-c1csc(n1)[C@@H](N1CCOCC1)[C@H](NC(=O)C1[C@@H](C)[C@H]1c1ccncn1)C(=O)N1CCC[C@H](N1)C(=O)OCC(C)(C)C2. The summed E-state index contributed by atoms with van der Waals surface area (Å²) in [6.07, 6.45) is 10.8. The number of thiazole rings is 1. The summed E-state index contributed by atoms with van der Waals surface area (Å²) < 4.78 is 33.8. The predicted octanol–water partition coefficient (Wildman–Crippen LogP) is 7.11. The molecule has 434 valence electrons. The highest BCUT2D eigenvalue weighted by Gasteiger charge is 2.55. The lowest BCUT2D eigenvalue weighted by atomic mass is 9.84. The predicted molar refractivity (Wildman–Crippen MR) is 308 cm³/mol. The van der Waals surface area contributed by atoms with Crippen molar-refractivity contribution >= 4 is 45.7 Å². The quantitative estimate of drug-likeness (QED) is 0.113. The summed E-state index contributed by atoms with van der Waals surface area (Å²) in [5.74, 6) is -1.50. The third kappa shape index (κ3) is 11.9. The van der Waals surface area contributed by atoms with Gasteiger partial charge in [0.2, 0.25) is 5.91 Å². The Morgan fingerprint density at radius 3 is 2.53 bits per heavy atom. The minimum absolute atomic E-state index is 0.00378. The molecule has 4 aromatic heterocycles. The molecule has 20 heteroatoms. The number of carbonyl (C=O) groups excluding carboxylic acids is 3. The van der Waals surface area contributed by atoms with Crippen LogP contribution in [0.3, 0.4) is 0 Å². The zero-order valence-electron chi connectivity index (χ0n) is 48.2. The number of hydrogen-bond acceptors (Lipinski definition) is 17. The van der Waals surface area contributed by atoms with Crippen LogP contribution in [-0.4, -0.2) is 173 Å². The summed E-state index contributed by atoms with van der Waals surface area (Å²) in [5.41, 5.74) is 11.1. The number of hydrogen-bond donors (Lipinski definition) is 2. The molecule has 2 amide bonds. The highest BCUT2D eigenvalue weighted by Crippen LogP contribution is 2.53. The molecule has 1 aromatic carbocycles. The van der Waals surface area contributed by atoms with Crippen molar-refractivity contribution in [3.63, 3.8) is 0 Å². The van der Waals surface area contributed by atoms with E-state index in [4.69, 9.17) is 33.7 Å². The van der Waals surface area contributed by atoms with Gasteiger partial charge in [0.15, 0.2) is 0 Å². The van der Waals surface area contributed by atoms with Gasteiger partial charge in [-0.15, -0.1) is 11.3 Å².